The number of fused-ring (bicyclic) bond motifs is 1. The van der Waals surface area contributed by atoms with Crippen LogP contribution in [0.4, 0.5) is 0 Å². The van der Waals surface area contributed by atoms with Crippen molar-refractivity contribution in [3.8, 4) is 5.75 Å². The molecule has 2 aromatic rings. The number of hydrogen-bond donors (Lipinski definition) is 0. The van der Waals surface area contributed by atoms with Crippen molar-refractivity contribution in [1.29, 1.82) is 0 Å². The van der Waals surface area contributed by atoms with Crippen LogP contribution in [0.3, 0.4) is 0 Å². The van der Waals surface area contributed by atoms with E-state index in [9.17, 15) is 4.79 Å². The van der Waals surface area contributed by atoms with E-state index in [-0.39, 0.29) is 0 Å². The molecule has 0 unspecified atom stereocenters. The average molecular weight is 376 g/mol. The van der Waals surface area contributed by atoms with Crippen molar-refractivity contribution in [2.45, 2.75) is 24.2 Å². The summed E-state index contributed by atoms with van der Waals surface area (Å²) in [5, 5.41) is 4.47. The van der Waals surface area contributed by atoms with Crippen LogP contribution in [0.15, 0.2) is 46.4 Å². The molecule has 1 aliphatic rings. The zero-order valence-electron chi connectivity index (χ0n) is 14.0. The molecule has 0 heterocycles. The third kappa shape index (κ3) is 3.99. The van der Waals surface area contributed by atoms with Crippen LogP contribution in [0.5, 0.6) is 5.75 Å². The maximum Gasteiger partial charge on any atom is 0.367 e. The van der Waals surface area contributed by atoms with Crippen LogP contribution >= 0.6 is 23.4 Å². The van der Waals surface area contributed by atoms with Gasteiger partial charge in [-0.2, -0.15) is 0 Å². The molecule has 25 heavy (non-hydrogen) atoms. The highest BCUT2D eigenvalue weighted by atomic mass is 35.5. The summed E-state index contributed by atoms with van der Waals surface area (Å²) in [5.74, 6) is 0.270. The molecular formula is C19H18ClNO3S. The van der Waals surface area contributed by atoms with Crippen molar-refractivity contribution in [2.24, 2.45) is 5.16 Å². The van der Waals surface area contributed by atoms with Gasteiger partial charge < -0.3 is 9.57 Å². The van der Waals surface area contributed by atoms with Gasteiger partial charge in [-0.15, -0.1) is 11.8 Å². The van der Waals surface area contributed by atoms with Gasteiger partial charge in [-0.1, -0.05) is 16.8 Å². The molecule has 0 saturated heterocycles. The standard InChI is InChI=1S/C19H18ClNO3S/c1-23-13-6-8-15-12(10-13)4-3-5-18(15)21-24-19(22)16-11-14(25-2)7-9-17(16)20/h6-11H,3-5H2,1-2H3. The lowest BCUT2D eigenvalue weighted by Crippen LogP contribution is -2.14. The summed E-state index contributed by atoms with van der Waals surface area (Å²) in [6, 6.07) is 11.1. The van der Waals surface area contributed by atoms with E-state index < -0.39 is 5.97 Å². The van der Waals surface area contributed by atoms with Gasteiger partial charge in [0.1, 0.15) is 5.75 Å². The van der Waals surface area contributed by atoms with Gasteiger partial charge in [-0.3, -0.25) is 0 Å². The molecule has 2 aromatic carbocycles. The average Bonchev–Trinajstić information content (AvgIpc) is 2.65. The fraction of sp³-hybridized carbons (Fsp3) is 0.263. The van der Waals surface area contributed by atoms with E-state index in [1.165, 1.54) is 11.8 Å². The quantitative estimate of drug-likeness (QED) is 0.430. The zero-order valence-corrected chi connectivity index (χ0v) is 15.6. The highest BCUT2D eigenvalue weighted by Gasteiger charge is 2.19. The number of thioether (sulfide) groups is 1. The third-order valence-corrected chi connectivity index (χ3v) is 5.17. The summed E-state index contributed by atoms with van der Waals surface area (Å²) >= 11 is 7.65. The Morgan fingerprint density at radius 3 is 2.80 bits per heavy atom. The number of hydrogen-bond acceptors (Lipinski definition) is 5. The first kappa shape index (κ1) is 17.8. The Bertz CT molecular complexity index is 835. The Labute approximate surface area is 156 Å². The molecule has 0 amide bonds. The maximum absolute atomic E-state index is 12.3. The van der Waals surface area contributed by atoms with Gasteiger partial charge in [0.15, 0.2) is 0 Å². The van der Waals surface area contributed by atoms with Crippen molar-refractivity contribution in [2.75, 3.05) is 13.4 Å². The summed E-state index contributed by atoms with van der Waals surface area (Å²) in [7, 11) is 1.65. The second-order valence-electron chi connectivity index (χ2n) is 5.64. The van der Waals surface area contributed by atoms with Gasteiger partial charge in [0.2, 0.25) is 0 Å². The second-order valence-corrected chi connectivity index (χ2v) is 6.93. The van der Waals surface area contributed by atoms with E-state index in [2.05, 4.69) is 5.16 Å². The lowest BCUT2D eigenvalue weighted by atomic mass is 9.90. The fourth-order valence-corrected chi connectivity index (χ4v) is 3.43. The Morgan fingerprint density at radius 1 is 1.20 bits per heavy atom. The molecule has 4 nitrogen and oxygen atoms in total. The Hall–Kier alpha value is -1.98. The molecule has 1 aliphatic carbocycles. The summed E-state index contributed by atoms with van der Waals surface area (Å²) in [5.41, 5.74) is 3.25. The number of halogens is 1. The number of aryl methyl sites for hydroxylation is 1. The molecular weight excluding hydrogens is 358 g/mol. The number of rotatable bonds is 4. The summed E-state index contributed by atoms with van der Waals surface area (Å²) < 4.78 is 5.26. The molecule has 0 aliphatic heterocycles. The summed E-state index contributed by atoms with van der Waals surface area (Å²) in [6.45, 7) is 0. The van der Waals surface area contributed by atoms with E-state index >= 15 is 0 Å². The summed E-state index contributed by atoms with van der Waals surface area (Å²) in [4.78, 5) is 18.5. The predicted molar refractivity (Wildman–Crippen MR) is 101 cm³/mol. The molecule has 6 heteroatoms. The molecule has 0 bridgehead atoms. The lowest BCUT2D eigenvalue weighted by Gasteiger charge is -2.18. The number of carbonyl (C=O) groups is 1. The van der Waals surface area contributed by atoms with Gasteiger partial charge in [0.25, 0.3) is 0 Å². The second kappa shape index (κ2) is 7.93. The minimum Gasteiger partial charge on any atom is -0.497 e. The fourth-order valence-electron chi connectivity index (χ4n) is 2.79. The van der Waals surface area contributed by atoms with E-state index in [1.54, 1.807) is 19.2 Å². The number of methoxy groups -OCH3 is 1. The first-order valence-electron chi connectivity index (χ1n) is 7.91. The van der Waals surface area contributed by atoms with Gasteiger partial charge in [0, 0.05) is 10.5 Å². The highest BCUT2D eigenvalue weighted by molar-refractivity contribution is 7.98. The molecule has 0 aromatic heterocycles. The van der Waals surface area contributed by atoms with Gasteiger partial charge in [0.05, 0.1) is 23.4 Å². The Kier molecular flexibility index (Phi) is 5.66. The van der Waals surface area contributed by atoms with Crippen molar-refractivity contribution >= 4 is 35.0 Å². The van der Waals surface area contributed by atoms with E-state index in [1.807, 2.05) is 30.5 Å². The minimum absolute atomic E-state index is 0.323. The van der Waals surface area contributed by atoms with Crippen LogP contribution in [-0.2, 0) is 11.3 Å². The SMILES string of the molecule is COc1ccc2c(c1)CCCC2=NOC(=O)c1cc(SC)ccc1Cl. The molecule has 3 rings (SSSR count). The van der Waals surface area contributed by atoms with Crippen molar-refractivity contribution in [1.82, 2.24) is 0 Å². The van der Waals surface area contributed by atoms with Crippen LogP contribution < -0.4 is 4.74 Å². The van der Waals surface area contributed by atoms with E-state index in [4.69, 9.17) is 21.2 Å². The van der Waals surface area contributed by atoms with Crippen LogP contribution in [0.2, 0.25) is 5.02 Å². The summed E-state index contributed by atoms with van der Waals surface area (Å²) in [6.07, 6.45) is 4.62. The first-order valence-corrected chi connectivity index (χ1v) is 9.51. The van der Waals surface area contributed by atoms with E-state index in [0.717, 1.165) is 46.7 Å². The monoisotopic (exact) mass is 375 g/mol. The Balaban J connectivity index is 1.82. The normalized spacial score (nSPS) is 14.9. The topological polar surface area (TPSA) is 47.9 Å². The van der Waals surface area contributed by atoms with Gasteiger partial charge in [-0.25, -0.2) is 4.79 Å². The molecule has 0 fully saturated rings. The molecule has 0 saturated carbocycles. The smallest absolute Gasteiger partial charge is 0.367 e. The lowest BCUT2D eigenvalue weighted by molar-refractivity contribution is 0.0515. The Morgan fingerprint density at radius 2 is 2.04 bits per heavy atom. The van der Waals surface area contributed by atoms with Gasteiger partial charge >= 0.3 is 5.97 Å². The number of nitrogens with zero attached hydrogens (tertiary/aromatic N) is 1. The van der Waals surface area contributed by atoms with E-state index in [0.29, 0.717) is 10.6 Å². The largest absolute Gasteiger partial charge is 0.497 e. The number of benzene rings is 2. The minimum atomic E-state index is -0.547. The molecule has 0 spiro atoms. The maximum atomic E-state index is 12.3. The van der Waals surface area contributed by atoms with Crippen molar-refractivity contribution in [3.63, 3.8) is 0 Å². The number of oxime groups is 1. The third-order valence-electron chi connectivity index (χ3n) is 4.12. The van der Waals surface area contributed by atoms with Crippen LogP contribution in [0, 0.1) is 0 Å². The molecule has 0 radical (unpaired) electrons. The van der Waals surface area contributed by atoms with Crippen molar-refractivity contribution < 1.29 is 14.4 Å². The molecule has 0 atom stereocenters. The zero-order chi connectivity index (χ0) is 17.8. The number of ether oxygens (including phenoxy) is 1. The first-order chi connectivity index (χ1) is 12.1. The molecule has 0 N–H and O–H groups in total. The van der Waals surface area contributed by atoms with Crippen LogP contribution in [-0.4, -0.2) is 25.0 Å². The van der Waals surface area contributed by atoms with Crippen molar-refractivity contribution in [3.05, 3.63) is 58.1 Å². The van der Waals surface area contributed by atoms with Crippen LogP contribution in [0.1, 0.15) is 34.3 Å². The highest BCUT2D eigenvalue weighted by Crippen LogP contribution is 2.27. The van der Waals surface area contributed by atoms with Gasteiger partial charge in [-0.05, 0) is 67.5 Å². The molecule has 130 valence electrons. The predicted octanol–water partition coefficient (Wildman–Crippen LogP) is 4.97. The van der Waals surface area contributed by atoms with Crippen LogP contribution in [0.25, 0.3) is 0 Å². The number of carbonyl (C=O) groups excluding carboxylic acids is 1.